The highest BCUT2D eigenvalue weighted by molar-refractivity contribution is 9.10. The number of nitrogens with zero attached hydrogens (tertiary/aromatic N) is 1. The molecule has 2 rings (SSSR count). The Kier molecular flexibility index (Phi) is 3.42. The molecule has 1 atom stereocenters. The molecule has 0 saturated carbocycles. The van der Waals surface area contributed by atoms with Gasteiger partial charge in [0.25, 0.3) is 0 Å². The normalized spacial score (nSPS) is 12.8. The molecule has 0 aromatic carbocycles. The molecule has 0 aliphatic carbocycles. The minimum absolute atomic E-state index is 0.152. The minimum atomic E-state index is -0.152. The van der Waals surface area contributed by atoms with Crippen LogP contribution in [0.4, 0.5) is 0 Å². The molecule has 0 spiro atoms. The first kappa shape index (κ1) is 11.8. The summed E-state index contributed by atoms with van der Waals surface area (Å²) in [5.41, 5.74) is 10.6. The number of pyridine rings is 1. The van der Waals surface area contributed by atoms with Gasteiger partial charge in [-0.25, -0.2) is 0 Å². The Morgan fingerprint density at radius 1 is 1.38 bits per heavy atom. The van der Waals surface area contributed by atoms with Crippen molar-refractivity contribution < 1.29 is 0 Å². The lowest BCUT2D eigenvalue weighted by molar-refractivity contribution is 0.816. The smallest absolute Gasteiger partial charge is 0.0748 e. The summed E-state index contributed by atoms with van der Waals surface area (Å²) < 4.78 is 1.06. The third-order valence-electron chi connectivity index (χ3n) is 2.53. The van der Waals surface area contributed by atoms with Crippen molar-refractivity contribution in [3.8, 4) is 0 Å². The minimum Gasteiger partial charge on any atom is -0.319 e. The number of hydrogen-bond acceptors (Lipinski definition) is 3. The zero-order valence-electron chi connectivity index (χ0n) is 9.20. The van der Waals surface area contributed by atoms with Crippen LogP contribution in [0, 0.1) is 13.8 Å². The van der Waals surface area contributed by atoms with Gasteiger partial charge in [-0.05, 0) is 51.8 Å². The Hall–Kier alpha value is -0.710. The maximum absolute atomic E-state index is 6.23. The summed E-state index contributed by atoms with van der Waals surface area (Å²) in [5, 5.41) is 4.11. The van der Waals surface area contributed by atoms with E-state index < -0.39 is 0 Å². The van der Waals surface area contributed by atoms with E-state index in [4.69, 9.17) is 5.73 Å². The van der Waals surface area contributed by atoms with Gasteiger partial charge in [-0.3, -0.25) is 4.98 Å². The molecule has 0 saturated heterocycles. The molecule has 0 radical (unpaired) electrons. The Bertz CT molecular complexity index is 507. The van der Waals surface area contributed by atoms with Gasteiger partial charge in [-0.15, -0.1) is 0 Å². The molecule has 2 nitrogen and oxygen atoms in total. The van der Waals surface area contributed by atoms with Crippen molar-refractivity contribution in [3.05, 3.63) is 49.9 Å². The fourth-order valence-electron chi connectivity index (χ4n) is 1.71. The summed E-state index contributed by atoms with van der Waals surface area (Å²) >= 11 is 5.15. The lowest BCUT2D eigenvalue weighted by Gasteiger charge is -2.13. The van der Waals surface area contributed by atoms with Crippen molar-refractivity contribution in [2.45, 2.75) is 19.9 Å². The SMILES string of the molecule is Cc1cnc(C(N)c2cscc2Br)c(C)c1. The highest BCUT2D eigenvalue weighted by Gasteiger charge is 2.16. The van der Waals surface area contributed by atoms with Crippen LogP contribution in [0.5, 0.6) is 0 Å². The number of aryl methyl sites for hydroxylation is 2. The maximum atomic E-state index is 6.23. The largest absolute Gasteiger partial charge is 0.319 e. The van der Waals surface area contributed by atoms with Crippen LogP contribution in [0.2, 0.25) is 0 Å². The second kappa shape index (κ2) is 4.65. The van der Waals surface area contributed by atoms with Gasteiger partial charge in [-0.2, -0.15) is 11.3 Å². The molecule has 0 bridgehead atoms. The number of halogens is 1. The summed E-state index contributed by atoms with van der Waals surface area (Å²) in [6.45, 7) is 4.09. The van der Waals surface area contributed by atoms with Crippen LogP contribution in [0.1, 0.15) is 28.4 Å². The predicted molar refractivity (Wildman–Crippen MR) is 71.8 cm³/mol. The number of thiophene rings is 1. The number of hydrogen-bond donors (Lipinski definition) is 1. The van der Waals surface area contributed by atoms with Crippen molar-refractivity contribution in [2.75, 3.05) is 0 Å². The van der Waals surface area contributed by atoms with Crippen LogP contribution in [-0.2, 0) is 0 Å². The lowest BCUT2D eigenvalue weighted by Crippen LogP contribution is -2.14. The van der Waals surface area contributed by atoms with Crippen LogP contribution in [0.15, 0.2) is 27.5 Å². The molecule has 2 N–H and O–H groups in total. The van der Waals surface area contributed by atoms with E-state index in [1.165, 1.54) is 0 Å². The number of aromatic nitrogens is 1. The van der Waals surface area contributed by atoms with E-state index in [2.05, 4.69) is 39.3 Å². The second-order valence-electron chi connectivity index (χ2n) is 3.87. The molecular weight excluding hydrogens is 284 g/mol. The van der Waals surface area contributed by atoms with Gasteiger partial charge in [0.05, 0.1) is 11.7 Å². The van der Waals surface area contributed by atoms with Gasteiger partial charge >= 0.3 is 0 Å². The van der Waals surface area contributed by atoms with E-state index in [1.54, 1.807) is 11.3 Å². The maximum Gasteiger partial charge on any atom is 0.0748 e. The molecule has 84 valence electrons. The third kappa shape index (κ3) is 2.19. The van der Waals surface area contributed by atoms with E-state index in [9.17, 15) is 0 Å². The molecule has 0 amide bonds. The van der Waals surface area contributed by atoms with Gasteiger partial charge < -0.3 is 5.73 Å². The summed E-state index contributed by atoms with van der Waals surface area (Å²) in [6, 6.07) is 1.96. The molecule has 2 aromatic heterocycles. The zero-order valence-corrected chi connectivity index (χ0v) is 11.6. The molecule has 2 aromatic rings. The van der Waals surface area contributed by atoms with Crippen LogP contribution in [0.25, 0.3) is 0 Å². The van der Waals surface area contributed by atoms with E-state index in [-0.39, 0.29) is 6.04 Å². The molecule has 0 aliphatic heterocycles. The summed E-state index contributed by atoms with van der Waals surface area (Å²) in [5.74, 6) is 0. The second-order valence-corrected chi connectivity index (χ2v) is 5.47. The van der Waals surface area contributed by atoms with Crippen molar-refractivity contribution in [3.63, 3.8) is 0 Å². The molecule has 0 fully saturated rings. The van der Waals surface area contributed by atoms with Crippen molar-refractivity contribution in [1.29, 1.82) is 0 Å². The number of rotatable bonds is 2. The van der Waals surface area contributed by atoms with Crippen LogP contribution in [-0.4, -0.2) is 4.98 Å². The highest BCUT2D eigenvalue weighted by Crippen LogP contribution is 2.30. The Morgan fingerprint density at radius 2 is 2.12 bits per heavy atom. The molecular formula is C12H13BrN2S. The van der Waals surface area contributed by atoms with Crippen molar-refractivity contribution >= 4 is 27.3 Å². The fraction of sp³-hybridized carbons (Fsp3) is 0.250. The summed E-state index contributed by atoms with van der Waals surface area (Å²) in [4.78, 5) is 4.43. The summed E-state index contributed by atoms with van der Waals surface area (Å²) in [7, 11) is 0. The highest BCUT2D eigenvalue weighted by atomic mass is 79.9. The monoisotopic (exact) mass is 296 g/mol. The van der Waals surface area contributed by atoms with E-state index in [0.29, 0.717) is 0 Å². The standard InChI is InChI=1S/C12H13BrN2S/c1-7-3-8(2)12(15-4-7)11(14)9-5-16-6-10(9)13/h3-6,11H,14H2,1-2H3. The van der Waals surface area contributed by atoms with E-state index >= 15 is 0 Å². The van der Waals surface area contributed by atoms with Crippen LogP contribution < -0.4 is 5.73 Å². The molecule has 16 heavy (non-hydrogen) atoms. The average Bonchev–Trinajstić information content (AvgIpc) is 2.63. The van der Waals surface area contributed by atoms with Gasteiger partial charge in [-0.1, -0.05) is 6.07 Å². The Labute approximate surface area is 108 Å². The molecule has 1 unspecified atom stereocenters. The molecule has 2 heterocycles. The van der Waals surface area contributed by atoms with E-state index in [0.717, 1.165) is 26.9 Å². The Balaban J connectivity index is 2.41. The quantitative estimate of drug-likeness (QED) is 0.920. The van der Waals surface area contributed by atoms with E-state index in [1.807, 2.05) is 18.5 Å². The van der Waals surface area contributed by atoms with Crippen molar-refractivity contribution in [1.82, 2.24) is 4.98 Å². The topological polar surface area (TPSA) is 38.9 Å². The molecule has 0 aliphatic rings. The van der Waals surface area contributed by atoms with Gasteiger partial charge in [0, 0.05) is 16.0 Å². The van der Waals surface area contributed by atoms with Gasteiger partial charge in [0.2, 0.25) is 0 Å². The fourth-order valence-corrected chi connectivity index (χ4v) is 3.29. The average molecular weight is 297 g/mol. The first-order valence-electron chi connectivity index (χ1n) is 5.00. The summed E-state index contributed by atoms with van der Waals surface area (Å²) in [6.07, 6.45) is 1.86. The first-order valence-corrected chi connectivity index (χ1v) is 6.73. The van der Waals surface area contributed by atoms with Crippen LogP contribution in [0.3, 0.4) is 0 Å². The van der Waals surface area contributed by atoms with Crippen LogP contribution >= 0.6 is 27.3 Å². The van der Waals surface area contributed by atoms with Crippen molar-refractivity contribution in [2.24, 2.45) is 5.73 Å². The predicted octanol–water partition coefficient (Wildman–Crippen LogP) is 3.57. The van der Waals surface area contributed by atoms with Gasteiger partial charge in [0.1, 0.15) is 0 Å². The lowest BCUT2D eigenvalue weighted by atomic mass is 10.0. The number of nitrogens with two attached hydrogens (primary N) is 1. The third-order valence-corrected chi connectivity index (χ3v) is 4.28. The first-order chi connectivity index (χ1) is 7.59. The van der Waals surface area contributed by atoms with Gasteiger partial charge in [0.15, 0.2) is 0 Å². The molecule has 4 heteroatoms. The Morgan fingerprint density at radius 3 is 2.69 bits per heavy atom. The zero-order chi connectivity index (χ0) is 11.7.